The lowest BCUT2D eigenvalue weighted by molar-refractivity contribution is 0.951. The largest absolute Gasteiger partial charge is 0.309 e. The van der Waals surface area contributed by atoms with Crippen molar-refractivity contribution < 1.29 is 4.11 Å². The van der Waals surface area contributed by atoms with Gasteiger partial charge >= 0.3 is 0 Å². The zero-order valence-corrected chi connectivity index (χ0v) is 34.2. The van der Waals surface area contributed by atoms with Gasteiger partial charge in [0.1, 0.15) is 5.82 Å². The molecule has 9 aromatic carbocycles. The molecule has 0 aliphatic rings. The molecule has 298 valence electrons. The first-order valence-corrected chi connectivity index (χ1v) is 21.5. The second kappa shape index (κ2) is 13.4. The predicted molar refractivity (Wildman–Crippen MR) is 265 cm³/mol. The SMILES string of the molecule is [2H]c1c([2H])c(-n2c3ccccc3c3ccccc32)c(-c2cc(-n3c4ccccc4c4ccccc43)nc(-n3c4ccccc4c4ccccc43)n2)c([2H])c1-n1c2ccccc2c2ccccc21. The number of aromatic nitrogens is 6. The van der Waals surface area contributed by atoms with Crippen LogP contribution in [0.25, 0.3) is 122 Å². The van der Waals surface area contributed by atoms with Crippen LogP contribution in [0.4, 0.5) is 0 Å². The van der Waals surface area contributed by atoms with Gasteiger partial charge in [0.25, 0.3) is 0 Å². The minimum atomic E-state index is -0.0589. The Morgan fingerprint density at radius 1 is 0.328 bits per heavy atom. The Balaban J connectivity index is 1.19. The Morgan fingerprint density at radius 3 is 1.05 bits per heavy atom. The van der Waals surface area contributed by atoms with Gasteiger partial charge in [-0.2, -0.15) is 4.98 Å². The van der Waals surface area contributed by atoms with Gasteiger partial charge in [-0.3, -0.25) is 9.13 Å². The maximum Gasteiger partial charge on any atom is 0.237 e. The molecule has 6 nitrogen and oxygen atoms in total. The van der Waals surface area contributed by atoms with Crippen LogP contribution in [-0.2, 0) is 0 Å². The molecule has 0 bridgehead atoms. The van der Waals surface area contributed by atoms with Gasteiger partial charge in [0.05, 0.1) is 59.6 Å². The fourth-order valence-electron chi connectivity index (χ4n) is 10.3. The van der Waals surface area contributed by atoms with Crippen LogP contribution in [0.15, 0.2) is 218 Å². The summed E-state index contributed by atoms with van der Waals surface area (Å²) in [6.07, 6.45) is 0. The molecule has 14 rings (SSSR count). The normalized spacial score (nSPS) is 12.7. The van der Waals surface area contributed by atoms with Crippen molar-refractivity contribution in [3.63, 3.8) is 0 Å². The standard InChI is InChI=1S/C58H36N6/c1-9-25-48-38(17-1)39-18-2-10-26-49(39)61(48)37-33-34-56(62-50-27-11-3-19-40(50)41-20-4-12-28-51(41)62)46(35-37)47-36-57(63-52-29-13-5-21-42(52)43-22-6-14-30-53(43)63)60-58(59-47)64-54-31-15-7-23-44(54)45-24-8-16-32-55(45)64/h1-36H/i33D,34D,35D. The molecule has 0 radical (unpaired) electrons. The average Bonchev–Trinajstić information content (AvgIpc) is 4.11. The zero-order valence-electron chi connectivity index (χ0n) is 37.2. The molecule has 0 aliphatic heterocycles. The van der Waals surface area contributed by atoms with E-state index in [9.17, 15) is 4.11 Å². The molecule has 64 heavy (non-hydrogen) atoms. The molecule has 5 heterocycles. The smallest absolute Gasteiger partial charge is 0.237 e. The van der Waals surface area contributed by atoms with E-state index in [0.29, 0.717) is 34.4 Å². The van der Waals surface area contributed by atoms with E-state index >= 15 is 0 Å². The van der Waals surface area contributed by atoms with Crippen LogP contribution in [0.5, 0.6) is 0 Å². The van der Waals surface area contributed by atoms with Crippen LogP contribution in [0.2, 0.25) is 0 Å². The van der Waals surface area contributed by atoms with E-state index in [1.807, 2.05) is 95.6 Å². The van der Waals surface area contributed by atoms with Crippen LogP contribution in [-0.4, -0.2) is 28.2 Å². The molecule has 0 saturated carbocycles. The zero-order chi connectivity index (χ0) is 44.5. The van der Waals surface area contributed by atoms with Gasteiger partial charge in [-0.15, -0.1) is 0 Å². The first-order valence-electron chi connectivity index (χ1n) is 23.0. The highest BCUT2D eigenvalue weighted by atomic mass is 15.2. The fraction of sp³-hybridized carbons (Fsp3) is 0. The highest BCUT2D eigenvalue weighted by Gasteiger charge is 2.23. The molecule has 5 aromatic heterocycles. The molecule has 0 atom stereocenters. The topological polar surface area (TPSA) is 45.5 Å². The van der Waals surface area contributed by atoms with Crippen molar-refractivity contribution in [2.45, 2.75) is 0 Å². The van der Waals surface area contributed by atoms with Crippen LogP contribution in [0, 0.1) is 0 Å². The van der Waals surface area contributed by atoms with Gasteiger partial charge in [-0.1, -0.05) is 146 Å². The van der Waals surface area contributed by atoms with Gasteiger partial charge in [-0.05, 0) is 66.7 Å². The molecule has 0 N–H and O–H groups in total. The molecule has 0 unspecified atom stereocenters. The van der Waals surface area contributed by atoms with Crippen molar-refractivity contribution in [3.8, 4) is 34.4 Å². The molecule has 14 aromatic rings. The Bertz CT molecular complexity index is 4050. The molecule has 0 amide bonds. The van der Waals surface area contributed by atoms with Crippen molar-refractivity contribution in [3.05, 3.63) is 218 Å². The minimum absolute atomic E-state index is 0.0233. The van der Waals surface area contributed by atoms with E-state index in [-0.39, 0.29) is 18.1 Å². The van der Waals surface area contributed by atoms with Crippen LogP contribution in [0.1, 0.15) is 4.11 Å². The Kier molecular flexibility index (Phi) is 6.70. The summed E-state index contributed by atoms with van der Waals surface area (Å²) in [4.78, 5) is 11.1. The summed E-state index contributed by atoms with van der Waals surface area (Å²) >= 11 is 0. The van der Waals surface area contributed by atoms with Crippen LogP contribution in [0.3, 0.4) is 0 Å². The quantitative estimate of drug-likeness (QED) is 0.174. The van der Waals surface area contributed by atoms with Crippen LogP contribution >= 0.6 is 0 Å². The van der Waals surface area contributed by atoms with E-state index in [0.717, 1.165) is 87.2 Å². The number of fused-ring (bicyclic) bond motifs is 12. The maximum absolute atomic E-state index is 10.7. The highest BCUT2D eigenvalue weighted by molar-refractivity contribution is 6.12. The first-order chi connectivity index (χ1) is 33.0. The van der Waals surface area contributed by atoms with Crippen molar-refractivity contribution >= 4 is 87.2 Å². The van der Waals surface area contributed by atoms with Crippen molar-refractivity contribution in [2.24, 2.45) is 0 Å². The summed E-state index contributed by atoms with van der Waals surface area (Å²) in [5, 5.41) is 8.33. The maximum atomic E-state index is 10.7. The van der Waals surface area contributed by atoms with Gasteiger partial charge in [0.2, 0.25) is 5.95 Å². The van der Waals surface area contributed by atoms with E-state index in [1.54, 1.807) is 0 Å². The summed E-state index contributed by atoms with van der Waals surface area (Å²) in [6.45, 7) is 0. The monoisotopic (exact) mass is 819 g/mol. The summed E-state index contributed by atoms with van der Waals surface area (Å²) in [6, 6.07) is 67.9. The molecule has 6 heteroatoms. The Morgan fingerprint density at radius 2 is 0.656 bits per heavy atom. The van der Waals surface area contributed by atoms with Crippen molar-refractivity contribution in [1.29, 1.82) is 0 Å². The van der Waals surface area contributed by atoms with E-state index < -0.39 is 0 Å². The van der Waals surface area contributed by atoms with Crippen molar-refractivity contribution in [1.82, 2.24) is 28.2 Å². The van der Waals surface area contributed by atoms with Gasteiger partial charge in [-0.25, -0.2) is 4.98 Å². The van der Waals surface area contributed by atoms with Crippen molar-refractivity contribution in [2.75, 3.05) is 0 Å². The Labute approximate surface area is 371 Å². The highest BCUT2D eigenvalue weighted by Crippen LogP contribution is 2.41. The molecule has 0 fully saturated rings. The predicted octanol–water partition coefficient (Wildman–Crippen LogP) is 14.5. The fourth-order valence-corrected chi connectivity index (χ4v) is 10.3. The third-order valence-electron chi connectivity index (χ3n) is 12.9. The lowest BCUT2D eigenvalue weighted by Crippen LogP contribution is -2.08. The number of para-hydroxylation sites is 8. The third-order valence-corrected chi connectivity index (χ3v) is 12.9. The number of hydrogen-bond donors (Lipinski definition) is 0. The number of rotatable bonds is 5. The summed E-state index contributed by atoms with van der Waals surface area (Å²) < 4.78 is 39.5. The molecular weight excluding hydrogens is 781 g/mol. The molecule has 0 spiro atoms. The number of hydrogen-bond acceptors (Lipinski definition) is 2. The lowest BCUT2D eigenvalue weighted by atomic mass is 10.1. The number of benzene rings is 9. The second-order valence-corrected chi connectivity index (χ2v) is 16.3. The second-order valence-electron chi connectivity index (χ2n) is 16.3. The van der Waals surface area contributed by atoms with Gasteiger partial charge in [0.15, 0.2) is 0 Å². The third kappa shape index (κ3) is 4.90. The summed E-state index contributed by atoms with van der Waals surface area (Å²) in [7, 11) is 0. The number of nitrogens with zero attached hydrogens (tertiary/aromatic N) is 6. The molecule has 0 aliphatic carbocycles. The first kappa shape index (κ1) is 32.0. The Hall–Kier alpha value is -8.74. The van der Waals surface area contributed by atoms with E-state index in [2.05, 4.69) is 123 Å². The lowest BCUT2D eigenvalue weighted by Gasteiger charge is -2.18. The van der Waals surface area contributed by atoms with E-state index in [1.165, 1.54) is 0 Å². The minimum Gasteiger partial charge on any atom is -0.309 e. The van der Waals surface area contributed by atoms with E-state index in [4.69, 9.17) is 9.97 Å². The summed E-state index contributed by atoms with van der Waals surface area (Å²) in [5.74, 6) is 1.02. The molecular formula is C58H36N6. The van der Waals surface area contributed by atoms with Crippen LogP contribution < -0.4 is 0 Å². The van der Waals surface area contributed by atoms with Gasteiger partial charge < -0.3 is 9.13 Å². The van der Waals surface area contributed by atoms with Gasteiger partial charge in [0, 0.05) is 60.4 Å². The molecule has 0 saturated heterocycles. The average molecular weight is 820 g/mol. The summed E-state index contributed by atoms with van der Waals surface area (Å²) in [5.41, 5.74) is 8.81.